The van der Waals surface area contributed by atoms with Gasteiger partial charge in [-0.25, -0.2) is 9.78 Å². The zero-order valence-corrected chi connectivity index (χ0v) is 17.9. The minimum absolute atomic E-state index is 0.0199. The Bertz CT molecular complexity index is 1590. The van der Waals surface area contributed by atoms with E-state index in [1.54, 1.807) is 29.7 Å². The van der Waals surface area contributed by atoms with Crippen LogP contribution in [-0.2, 0) is 0 Å². The summed E-state index contributed by atoms with van der Waals surface area (Å²) >= 11 is 1.15. The molecule has 0 aliphatic carbocycles. The number of rotatable bonds is 6. The maximum absolute atomic E-state index is 12.4. The lowest BCUT2D eigenvalue weighted by Gasteiger charge is -2.00. The lowest BCUT2D eigenvalue weighted by atomic mass is 10.1. The third kappa shape index (κ3) is 4.62. The molecule has 0 aliphatic rings. The fraction of sp³-hybridized carbons (Fsp3) is 0. The van der Waals surface area contributed by atoms with Crippen molar-refractivity contribution >= 4 is 45.3 Å². The van der Waals surface area contributed by atoms with E-state index in [0.717, 1.165) is 11.3 Å². The smallest absolute Gasteiger partial charge is 0.345 e. The molecule has 11 heteroatoms. The van der Waals surface area contributed by atoms with Crippen LogP contribution in [-0.4, -0.2) is 14.8 Å². The van der Waals surface area contributed by atoms with Crippen molar-refractivity contribution in [3.8, 4) is 17.3 Å². The highest BCUT2D eigenvalue weighted by atomic mass is 32.1. The van der Waals surface area contributed by atoms with Crippen LogP contribution in [0.25, 0.3) is 33.9 Å². The van der Waals surface area contributed by atoms with E-state index in [2.05, 4.69) is 4.98 Å². The number of thiazole rings is 1. The first kappa shape index (κ1) is 22.3. The second-order valence-electron chi connectivity index (χ2n) is 6.86. The summed E-state index contributed by atoms with van der Waals surface area (Å²) in [6.45, 7) is 0. The molecule has 0 saturated carbocycles. The second-order valence-corrected chi connectivity index (χ2v) is 7.72. The van der Waals surface area contributed by atoms with E-state index in [1.807, 2.05) is 6.07 Å². The van der Waals surface area contributed by atoms with Crippen molar-refractivity contribution in [1.29, 1.82) is 5.26 Å². The molecular weight excluding hydrogens is 460 g/mol. The number of aromatic nitrogens is 1. The van der Waals surface area contributed by atoms with E-state index in [-0.39, 0.29) is 33.8 Å². The summed E-state index contributed by atoms with van der Waals surface area (Å²) in [6.07, 6.45) is 4.83. The molecular formula is C23H12N4O6S. The van der Waals surface area contributed by atoms with Gasteiger partial charge in [-0.15, -0.1) is 11.3 Å². The topological polar surface area (TPSA) is 153 Å². The van der Waals surface area contributed by atoms with E-state index >= 15 is 0 Å². The van der Waals surface area contributed by atoms with E-state index in [9.17, 15) is 30.3 Å². The van der Waals surface area contributed by atoms with E-state index in [0.29, 0.717) is 16.0 Å². The average Bonchev–Trinajstić information content (AvgIpc) is 3.31. The zero-order chi connectivity index (χ0) is 24.2. The Morgan fingerprint density at radius 2 is 1.76 bits per heavy atom. The normalized spacial score (nSPS) is 11.6. The van der Waals surface area contributed by atoms with E-state index in [4.69, 9.17) is 4.42 Å². The van der Waals surface area contributed by atoms with Gasteiger partial charge in [-0.05, 0) is 35.9 Å². The fourth-order valence-electron chi connectivity index (χ4n) is 3.04. The number of benzene rings is 2. The number of fused-ring (bicyclic) bond motifs is 1. The van der Waals surface area contributed by atoms with Crippen LogP contribution >= 0.6 is 11.3 Å². The third-order valence-corrected chi connectivity index (χ3v) is 5.59. The summed E-state index contributed by atoms with van der Waals surface area (Å²) in [4.78, 5) is 37.5. The summed E-state index contributed by atoms with van der Waals surface area (Å²) in [5.41, 5.74) is 0.755. The number of hydrogen-bond donors (Lipinski definition) is 0. The zero-order valence-electron chi connectivity index (χ0n) is 17.1. The van der Waals surface area contributed by atoms with Gasteiger partial charge < -0.3 is 4.42 Å². The minimum Gasteiger partial charge on any atom is -0.422 e. The minimum atomic E-state index is -0.654. The van der Waals surface area contributed by atoms with Gasteiger partial charge in [-0.2, -0.15) is 5.26 Å². The number of allylic oxidation sites excluding steroid dienone is 3. The molecule has 2 heterocycles. The Hall–Kier alpha value is -4.95. The predicted octanol–water partition coefficient (Wildman–Crippen LogP) is 5.35. The Morgan fingerprint density at radius 3 is 2.44 bits per heavy atom. The van der Waals surface area contributed by atoms with Crippen molar-refractivity contribution in [3.63, 3.8) is 0 Å². The maximum atomic E-state index is 12.4. The summed E-state index contributed by atoms with van der Waals surface area (Å²) in [5, 5.41) is 33.6. The highest BCUT2D eigenvalue weighted by Crippen LogP contribution is 2.28. The standard InChI is InChI=1S/C23H12N4O6S/c24-12-15(3-1-2-14-4-6-17(7-5-14)26(29)30)22-25-20(13-34-22)19-11-16-10-18(27(31)32)8-9-21(16)33-23(19)28/h1-11,13H. The molecule has 0 spiro atoms. The highest BCUT2D eigenvalue weighted by Gasteiger charge is 2.15. The monoisotopic (exact) mass is 472 g/mol. The van der Waals surface area contributed by atoms with Crippen molar-refractivity contribution in [2.75, 3.05) is 0 Å². The van der Waals surface area contributed by atoms with Crippen LogP contribution in [0, 0.1) is 31.6 Å². The van der Waals surface area contributed by atoms with Gasteiger partial charge in [0.2, 0.25) is 0 Å². The Labute approximate surface area is 194 Å². The Balaban J connectivity index is 1.62. The molecule has 2 aromatic carbocycles. The van der Waals surface area contributed by atoms with E-state index < -0.39 is 15.5 Å². The Kier molecular flexibility index (Phi) is 6.07. The molecule has 0 amide bonds. The summed E-state index contributed by atoms with van der Waals surface area (Å²) in [7, 11) is 0. The molecule has 166 valence electrons. The molecule has 0 N–H and O–H groups in total. The lowest BCUT2D eigenvalue weighted by Crippen LogP contribution is -2.03. The lowest BCUT2D eigenvalue weighted by molar-refractivity contribution is -0.385. The third-order valence-electron chi connectivity index (χ3n) is 4.71. The molecule has 0 fully saturated rings. The highest BCUT2D eigenvalue weighted by molar-refractivity contribution is 7.11. The molecule has 2 aromatic heterocycles. The van der Waals surface area contributed by atoms with Crippen LogP contribution in [0.2, 0.25) is 0 Å². The van der Waals surface area contributed by atoms with Gasteiger partial charge in [-0.1, -0.05) is 12.2 Å². The van der Waals surface area contributed by atoms with Crippen molar-refractivity contribution in [1.82, 2.24) is 4.98 Å². The van der Waals surface area contributed by atoms with Crippen LogP contribution in [0.5, 0.6) is 0 Å². The van der Waals surface area contributed by atoms with Crippen LogP contribution in [0.1, 0.15) is 10.6 Å². The molecule has 0 saturated heterocycles. The van der Waals surface area contributed by atoms with Crippen LogP contribution < -0.4 is 5.63 Å². The number of non-ortho nitro benzene ring substituents is 2. The SMILES string of the molecule is N#CC(=CC=Cc1ccc([N+](=O)[O-])cc1)c1nc(-c2cc3cc([N+](=O)[O-])ccc3oc2=O)cs1. The van der Waals surface area contributed by atoms with Gasteiger partial charge in [0.05, 0.1) is 26.7 Å². The molecule has 0 unspecified atom stereocenters. The summed E-state index contributed by atoms with van der Waals surface area (Å²) in [6, 6.07) is 13.4. The van der Waals surface area contributed by atoms with Crippen LogP contribution in [0.3, 0.4) is 0 Å². The first-order valence-corrected chi connectivity index (χ1v) is 10.4. The largest absolute Gasteiger partial charge is 0.422 e. The predicted molar refractivity (Wildman–Crippen MR) is 126 cm³/mol. The van der Waals surface area contributed by atoms with Gasteiger partial charge in [0.15, 0.2) is 0 Å². The molecule has 0 atom stereocenters. The summed E-state index contributed by atoms with van der Waals surface area (Å²) < 4.78 is 5.27. The molecule has 0 aliphatic heterocycles. The number of nitro benzene ring substituents is 2. The van der Waals surface area contributed by atoms with Gasteiger partial charge in [-0.3, -0.25) is 20.2 Å². The van der Waals surface area contributed by atoms with Gasteiger partial charge in [0.1, 0.15) is 16.7 Å². The van der Waals surface area contributed by atoms with Gasteiger partial charge in [0, 0.05) is 35.0 Å². The average molecular weight is 472 g/mol. The molecule has 0 bridgehead atoms. The Morgan fingerprint density at radius 1 is 1.06 bits per heavy atom. The first-order valence-electron chi connectivity index (χ1n) is 9.57. The number of nitriles is 1. The van der Waals surface area contributed by atoms with Gasteiger partial charge in [0.25, 0.3) is 11.4 Å². The maximum Gasteiger partial charge on any atom is 0.345 e. The molecule has 4 aromatic rings. The number of hydrogen-bond acceptors (Lipinski definition) is 9. The number of nitro groups is 2. The quantitative estimate of drug-likeness (QED) is 0.120. The molecule has 10 nitrogen and oxygen atoms in total. The molecule has 0 radical (unpaired) electrons. The van der Waals surface area contributed by atoms with Crippen molar-refractivity contribution in [2.24, 2.45) is 0 Å². The van der Waals surface area contributed by atoms with E-state index in [1.165, 1.54) is 42.5 Å². The first-order chi connectivity index (χ1) is 16.4. The fourth-order valence-corrected chi connectivity index (χ4v) is 3.84. The van der Waals surface area contributed by atoms with Gasteiger partial charge >= 0.3 is 5.63 Å². The van der Waals surface area contributed by atoms with Crippen molar-refractivity contribution in [3.05, 3.63) is 107 Å². The number of nitrogens with zero attached hydrogens (tertiary/aromatic N) is 4. The molecule has 34 heavy (non-hydrogen) atoms. The molecule has 4 rings (SSSR count). The second kappa shape index (κ2) is 9.27. The van der Waals surface area contributed by atoms with Crippen LogP contribution in [0.4, 0.5) is 11.4 Å². The van der Waals surface area contributed by atoms with Crippen molar-refractivity contribution < 1.29 is 14.3 Å². The van der Waals surface area contributed by atoms with Crippen LogP contribution in [0.15, 0.2) is 75.3 Å². The summed E-state index contributed by atoms with van der Waals surface area (Å²) in [5.74, 6) is 0. The van der Waals surface area contributed by atoms with Crippen molar-refractivity contribution in [2.45, 2.75) is 0 Å².